The number of rotatable bonds is 7. The summed E-state index contributed by atoms with van der Waals surface area (Å²) in [6.45, 7) is 7.57. The van der Waals surface area contributed by atoms with Crippen LogP contribution in [0, 0.1) is 5.92 Å². The summed E-state index contributed by atoms with van der Waals surface area (Å²) >= 11 is 0. The molecule has 0 radical (unpaired) electrons. The third-order valence-corrected chi connectivity index (χ3v) is 7.09. The Kier molecular flexibility index (Phi) is 11.8. The van der Waals surface area contributed by atoms with E-state index < -0.39 is 6.04 Å². The van der Waals surface area contributed by atoms with E-state index in [2.05, 4.69) is 17.1 Å². The van der Waals surface area contributed by atoms with Crippen molar-refractivity contribution < 1.29 is 24.2 Å². The number of fused-ring (bicyclic) bond motifs is 1. The maximum absolute atomic E-state index is 14.1. The fourth-order valence-electron chi connectivity index (χ4n) is 4.81. The SMILES string of the molecule is C[C@@H]1CN([C@H](C)CO)C(=O)c2cc(NC(=O)Cc3ccccc3)ccc2O[C@@H](C)CCCCO[C@@H]1CN(C)C. The first-order valence-corrected chi connectivity index (χ1v) is 14.0. The lowest BCUT2D eigenvalue weighted by atomic mass is 10.0. The number of likely N-dealkylation sites (N-methyl/N-ethyl adjacent to an activating group) is 1. The summed E-state index contributed by atoms with van der Waals surface area (Å²) in [7, 11) is 4.03. The maximum atomic E-state index is 14.1. The molecule has 2 N–H and O–H groups in total. The van der Waals surface area contributed by atoms with Gasteiger partial charge in [0.2, 0.25) is 5.91 Å². The summed E-state index contributed by atoms with van der Waals surface area (Å²) in [6.07, 6.45) is 2.79. The number of nitrogens with one attached hydrogen (secondary N) is 1. The van der Waals surface area contributed by atoms with Gasteiger partial charge in [0.05, 0.1) is 36.8 Å². The molecule has 0 spiro atoms. The molecule has 1 aliphatic heterocycles. The van der Waals surface area contributed by atoms with Crippen molar-refractivity contribution in [3.05, 3.63) is 59.7 Å². The Morgan fingerprint density at radius 2 is 1.90 bits per heavy atom. The molecule has 8 nitrogen and oxygen atoms in total. The van der Waals surface area contributed by atoms with Crippen LogP contribution in [-0.2, 0) is 16.0 Å². The number of amides is 2. The van der Waals surface area contributed by atoms with Gasteiger partial charge in [-0.05, 0) is 71.0 Å². The first-order valence-electron chi connectivity index (χ1n) is 14.0. The molecule has 0 aliphatic carbocycles. The Bertz CT molecular complexity index is 1060. The molecule has 3 rings (SSSR count). The van der Waals surface area contributed by atoms with Crippen molar-refractivity contribution in [2.45, 2.75) is 64.7 Å². The van der Waals surface area contributed by atoms with Crippen LogP contribution in [0.5, 0.6) is 5.75 Å². The molecule has 8 heteroatoms. The smallest absolute Gasteiger partial charge is 0.258 e. The zero-order chi connectivity index (χ0) is 28.4. The van der Waals surface area contributed by atoms with Gasteiger partial charge in [-0.15, -0.1) is 0 Å². The lowest BCUT2D eigenvalue weighted by Gasteiger charge is -2.35. The first kappa shape index (κ1) is 30.6. The molecule has 4 atom stereocenters. The molecule has 1 aliphatic rings. The predicted octanol–water partition coefficient (Wildman–Crippen LogP) is 4.22. The Hall–Kier alpha value is -2.94. The molecule has 0 bridgehead atoms. The van der Waals surface area contributed by atoms with Crippen molar-refractivity contribution >= 4 is 17.5 Å². The number of nitrogens with zero attached hydrogens (tertiary/aromatic N) is 2. The minimum absolute atomic E-state index is 0.0327. The summed E-state index contributed by atoms with van der Waals surface area (Å²) in [6, 6.07) is 14.3. The highest BCUT2D eigenvalue weighted by Crippen LogP contribution is 2.28. The van der Waals surface area contributed by atoms with Crippen LogP contribution in [0.2, 0.25) is 0 Å². The molecule has 1 heterocycles. The number of hydrogen-bond acceptors (Lipinski definition) is 6. The van der Waals surface area contributed by atoms with E-state index in [-0.39, 0.29) is 43.0 Å². The largest absolute Gasteiger partial charge is 0.490 e. The van der Waals surface area contributed by atoms with Gasteiger partial charge >= 0.3 is 0 Å². The second kappa shape index (κ2) is 15.0. The third-order valence-electron chi connectivity index (χ3n) is 7.09. The van der Waals surface area contributed by atoms with Crippen LogP contribution >= 0.6 is 0 Å². The predicted molar refractivity (Wildman–Crippen MR) is 154 cm³/mol. The van der Waals surface area contributed by atoms with E-state index in [1.54, 1.807) is 23.1 Å². The lowest BCUT2D eigenvalue weighted by Crippen LogP contribution is -2.47. The van der Waals surface area contributed by atoms with E-state index in [0.29, 0.717) is 30.2 Å². The maximum Gasteiger partial charge on any atom is 0.258 e. The van der Waals surface area contributed by atoms with Gasteiger partial charge in [-0.1, -0.05) is 37.3 Å². The van der Waals surface area contributed by atoms with E-state index in [4.69, 9.17) is 9.47 Å². The van der Waals surface area contributed by atoms with E-state index >= 15 is 0 Å². The fourth-order valence-corrected chi connectivity index (χ4v) is 4.81. The Morgan fingerprint density at radius 1 is 1.15 bits per heavy atom. The number of hydrogen-bond donors (Lipinski definition) is 2. The van der Waals surface area contributed by atoms with Gasteiger partial charge in [-0.25, -0.2) is 0 Å². The van der Waals surface area contributed by atoms with Gasteiger partial charge in [0.1, 0.15) is 5.75 Å². The quantitative estimate of drug-likeness (QED) is 0.548. The summed E-state index contributed by atoms with van der Waals surface area (Å²) in [5.41, 5.74) is 1.81. The van der Waals surface area contributed by atoms with Gasteiger partial charge in [0, 0.05) is 31.3 Å². The van der Waals surface area contributed by atoms with Gasteiger partial charge in [0.15, 0.2) is 0 Å². The number of benzene rings is 2. The first-order chi connectivity index (χ1) is 18.7. The molecular formula is C31H45N3O5. The summed E-state index contributed by atoms with van der Waals surface area (Å²) in [5, 5.41) is 13.0. The van der Waals surface area contributed by atoms with Crippen LogP contribution < -0.4 is 10.1 Å². The molecule has 0 fully saturated rings. The average molecular weight is 540 g/mol. The molecule has 0 unspecified atom stereocenters. The summed E-state index contributed by atoms with van der Waals surface area (Å²) in [4.78, 5) is 30.6. The molecule has 0 aromatic heterocycles. The number of ether oxygens (including phenoxy) is 2. The van der Waals surface area contributed by atoms with Crippen molar-refractivity contribution in [2.24, 2.45) is 5.92 Å². The molecule has 214 valence electrons. The van der Waals surface area contributed by atoms with Crippen molar-refractivity contribution in [3.63, 3.8) is 0 Å². The van der Waals surface area contributed by atoms with E-state index in [0.717, 1.165) is 31.4 Å². The third kappa shape index (κ3) is 9.34. The number of aliphatic hydroxyl groups excluding tert-OH is 1. The molecule has 0 saturated carbocycles. The number of anilines is 1. The topological polar surface area (TPSA) is 91.3 Å². The second-order valence-electron chi connectivity index (χ2n) is 11.0. The van der Waals surface area contributed by atoms with Crippen LogP contribution in [0.25, 0.3) is 0 Å². The highest BCUT2D eigenvalue weighted by molar-refractivity contribution is 6.00. The molecular weight excluding hydrogens is 494 g/mol. The van der Waals surface area contributed by atoms with Crippen molar-refractivity contribution in [2.75, 3.05) is 45.7 Å². The minimum atomic E-state index is -0.408. The highest BCUT2D eigenvalue weighted by atomic mass is 16.5. The Morgan fingerprint density at radius 3 is 2.59 bits per heavy atom. The zero-order valence-corrected chi connectivity index (χ0v) is 24.1. The highest BCUT2D eigenvalue weighted by Gasteiger charge is 2.30. The van der Waals surface area contributed by atoms with Gasteiger partial charge in [-0.3, -0.25) is 9.59 Å². The average Bonchev–Trinajstić information content (AvgIpc) is 2.90. The molecule has 2 aromatic carbocycles. The number of carbonyl (C=O) groups excluding carboxylic acids is 2. The van der Waals surface area contributed by atoms with Gasteiger partial charge in [0.25, 0.3) is 5.91 Å². The Balaban J connectivity index is 1.93. The molecule has 2 aromatic rings. The minimum Gasteiger partial charge on any atom is -0.490 e. The van der Waals surface area contributed by atoms with Crippen LogP contribution in [0.15, 0.2) is 48.5 Å². The lowest BCUT2D eigenvalue weighted by molar-refractivity contribution is -0.115. The van der Waals surface area contributed by atoms with Gasteiger partial charge < -0.3 is 29.7 Å². The van der Waals surface area contributed by atoms with Crippen LogP contribution in [0.1, 0.15) is 56.0 Å². The monoisotopic (exact) mass is 539 g/mol. The summed E-state index contributed by atoms with van der Waals surface area (Å²) in [5.74, 6) is 0.104. The summed E-state index contributed by atoms with van der Waals surface area (Å²) < 4.78 is 12.6. The number of aliphatic hydroxyl groups is 1. The van der Waals surface area contributed by atoms with E-state index in [1.165, 1.54) is 0 Å². The zero-order valence-electron chi connectivity index (χ0n) is 24.1. The van der Waals surface area contributed by atoms with Crippen LogP contribution in [0.3, 0.4) is 0 Å². The van der Waals surface area contributed by atoms with E-state index in [9.17, 15) is 14.7 Å². The van der Waals surface area contributed by atoms with Crippen molar-refractivity contribution in [1.82, 2.24) is 9.80 Å². The Labute approximate surface area is 233 Å². The van der Waals surface area contributed by atoms with Crippen molar-refractivity contribution in [1.29, 1.82) is 0 Å². The normalized spacial score (nSPS) is 22.0. The van der Waals surface area contributed by atoms with Gasteiger partial charge in [-0.2, -0.15) is 0 Å². The fraction of sp³-hybridized carbons (Fsp3) is 0.548. The van der Waals surface area contributed by atoms with E-state index in [1.807, 2.05) is 58.3 Å². The standard InChI is InChI=1S/C31H45N3O5/c1-22-19-34(23(2)21-35)31(37)27-18-26(32-30(36)17-25-12-7-6-8-13-25)14-15-28(27)39-24(3)11-9-10-16-38-29(22)20-33(4)5/h6-8,12-15,18,22-24,29,35H,9-11,16-17,19-21H2,1-5H3,(H,32,36)/t22-,23-,24+,29-/m1/s1. The second-order valence-corrected chi connectivity index (χ2v) is 11.0. The molecule has 0 saturated heterocycles. The number of carbonyl (C=O) groups is 2. The van der Waals surface area contributed by atoms with Crippen molar-refractivity contribution in [3.8, 4) is 5.75 Å². The van der Waals surface area contributed by atoms with Crippen LogP contribution in [-0.4, -0.2) is 85.4 Å². The van der Waals surface area contributed by atoms with Crippen LogP contribution in [0.4, 0.5) is 5.69 Å². The molecule has 39 heavy (non-hydrogen) atoms. The molecule has 2 amide bonds.